The summed E-state index contributed by atoms with van der Waals surface area (Å²) in [6, 6.07) is -0.0150. The molecule has 0 fully saturated rings. The lowest BCUT2D eigenvalue weighted by Crippen LogP contribution is -2.35. The number of hydrogen-bond donors (Lipinski definition) is 5. The lowest BCUT2D eigenvalue weighted by atomic mass is 10.1. The molecule has 42 heavy (non-hydrogen) atoms. The maximum Gasteiger partial charge on any atom is 0.326 e. The Hall–Kier alpha value is -1.89. The maximum absolute atomic E-state index is 11.9. The molecule has 0 radical (unpaired) electrons. The zero-order chi connectivity index (χ0) is 31.6. The molecule has 0 spiro atoms. The van der Waals surface area contributed by atoms with Gasteiger partial charge in [-0.3, -0.25) is 28.8 Å². The normalized spacial score (nSPS) is 12.9. The van der Waals surface area contributed by atoms with Crippen molar-refractivity contribution in [1.29, 1.82) is 0 Å². The second-order valence-corrected chi connectivity index (χ2v) is 12.4. The molecular formula is C28H56N5O8P. The van der Waals surface area contributed by atoms with Gasteiger partial charge in [0.15, 0.2) is 11.7 Å². The molecule has 0 aliphatic rings. The van der Waals surface area contributed by atoms with Crippen LogP contribution in [0.1, 0.15) is 84.5 Å². The molecule has 0 aromatic rings. The number of likely N-dealkylation sites (N-methyl/N-ethyl adjacent to an activating group) is 1. The van der Waals surface area contributed by atoms with Crippen molar-refractivity contribution in [2.75, 3.05) is 65.8 Å². The molecule has 0 aliphatic heterocycles. The molecule has 0 saturated heterocycles. The monoisotopic (exact) mass is 621 g/mol. The van der Waals surface area contributed by atoms with Crippen molar-refractivity contribution in [2.24, 2.45) is 10.7 Å². The number of rotatable bonds is 28. The van der Waals surface area contributed by atoms with E-state index in [9.17, 15) is 18.9 Å². The Morgan fingerprint density at radius 2 is 1.52 bits per heavy atom. The minimum Gasteiger partial charge on any atom is -0.377 e. The number of hydrogen-bond acceptors (Lipinski definition) is 8. The van der Waals surface area contributed by atoms with E-state index in [2.05, 4.69) is 20.5 Å². The number of ether oxygens (including phenoxy) is 2. The number of nitrogens with one attached hydrogen (secondary N) is 2. The van der Waals surface area contributed by atoms with Crippen molar-refractivity contribution in [3.8, 4) is 0 Å². The lowest BCUT2D eigenvalue weighted by molar-refractivity contribution is -0.124. The fraction of sp³-hybridized carbons (Fsp3) is 0.857. The second kappa shape index (κ2) is 25.6. The number of nitrogens with zero attached hydrogens (tertiary/aromatic N) is 2. The first-order chi connectivity index (χ1) is 19.9. The molecule has 13 nitrogen and oxygen atoms in total. The minimum absolute atomic E-state index is 0.0150. The summed E-state index contributed by atoms with van der Waals surface area (Å²) in [5, 5.41) is 5.67. The number of ketones is 2. The van der Waals surface area contributed by atoms with Crippen molar-refractivity contribution in [2.45, 2.75) is 90.5 Å². The maximum atomic E-state index is 11.9. The van der Waals surface area contributed by atoms with Gasteiger partial charge in [0, 0.05) is 32.5 Å². The number of nitrogens with two attached hydrogens (primary N) is 1. The highest BCUT2D eigenvalue weighted by Crippen LogP contribution is 2.34. The lowest BCUT2D eigenvalue weighted by Gasteiger charge is -2.22. The first-order valence-corrected chi connectivity index (χ1v) is 16.9. The van der Waals surface area contributed by atoms with E-state index in [0.717, 1.165) is 70.9 Å². The van der Waals surface area contributed by atoms with Gasteiger partial charge in [-0.15, -0.1) is 0 Å². The van der Waals surface area contributed by atoms with Gasteiger partial charge >= 0.3 is 7.60 Å². The standard InChI is InChI=1S/C28H56N5O8P/c1-24(25(2)34)33(3)18-12-8-7-11-16-32-28(29)31-15-10-6-4-5-9-13-26(35)23-41-21-20-40-19-17-30-27(36)14-22-42(37,38)39/h24H,4-23H2,1-3H3,(H,30,36)(H3,29,31,32)(H2,37,38,39)/t24-/m1/s1. The summed E-state index contributed by atoms with van der Waals surface area (Å²) < 4.78 is 21.3. The van der Waals surface area contributed by atoms with Gasteiger partial charge in [0.2, 0.25) is 5.91 Å². The average molecular weight is 622 g/mol. The van der Waals surface area contributed by atoms with Crippen molar-refractivity contribution < 1.29 is 38.2 Å². The number of amides is 1. The van der Waals surface area contributed by atoms with Crippen LogP contribution in [0.4, 0.5) is 0 Å². The molecule has 1 atom stereocenters. The molecule has 0 rings (SSSR count). The van der Waals surface area contributed by atoms with E-state index in [1.165, 1.54) is 0 Å². The Morgan fingerprint density at radius 1 is 0.881 bits per heavy atom. The number of Topliss-reactive ketones (excluding diaryl/α,β-unsaturated/α-hetero) is 2. The summed E-state index contributed by atoms with van der Waals surface area (Å²) >= 11 is 0. The SMILES string of the molecule is CC(=O)[C@@H](C)N(C)CCCCCCNC(N)=NCCCCCCCC(=O)COCCOCCNC(=O)CCP(=O)(O)O. The van der Waals surface area contributed by atoms with E-state index in [-0.39, 0.29) is 57.0 Å². The largest absolute Gasteiger partial charge is 0.377 e. The quantitative estimate of drug-likeness (QED) is 0.0371. The molecular weight excluding hydrogens is 565 g/mol. The second-order valence-electron chi connectivity index (χ2n) is 10.6. The van der Waals surface area contributed by atoms with Crippen LogP contribution < -0.4 is 16.4 Å². The van der Waals surface area contributed by atoms with Gasteiger partial charge in [-0.1, -0.05) is 32.1 Å². The average Bonchev–Trinajstić information content (AvgIpc) is 2.93. The van der Waals surface area contributed by atoms with Gasteiger partial charge in [0.1, 0.15) is 12.4 Å². The van der Waals surface area contributed by atoms with Gasteiger partial charge in [-0.25, -0.2) is 0 Å². The fourth-order valence-electron chi connectivity index (χ4n) is 3.86. The van der Waals surface area contributed by atoms with Gasteiger partial charge in [-0.05, 0) is 53.1 Å². The van der Waals surface area contributed by atoms with Crippen molar-refractivity contribution in [3.63, 3.8) is 0 Å². The van der Waals surface area contributed by atoms with Crippen molar-refractivity contribution >= 4 is 31.0 Å². The number of unbranched alkanes of at least 4 members (excludes halogenated alkanes) is 7. The zero-order valence-corrected chi connectivity index (χ0v) is 26.9. The van der Waals surface area contributed by atoms with Gasteiger partial charge in [-0.2, -0.15) is 0 Å². The molecule has 0 aromatic heterocycles. The Kier molecular flexibility index (Phi) is 24.4. The summed E-state index contributed by atoms with van der Waals surface area (Å²) in [5.41, 5.74) is 5.93. The van der Waals surface area contributed by atoms with Crippen molar-refractivity contribution in [3.05, 3.63) is 0 Å². The third-order valence-electron chi connectivity index (χ3n) is 6.72. The highest BCUT2D eigenvalue weighted by molar-refractivity contribution is 7.51. The van der Waals surface area contributed by atoms with E-state index in [4.69, 9.17) is 25.0 Å². The summed E-state index contributed by atoms with van der Waals surface area (Å²) in [5.74, 6) is 0.315. The van der Waals surface area contributed by atoms with Crippen LogP contribution in [-0.2, 0) is 28.4 Å². The van der Waals surface area contributed by atoms with E-state index < -0.39 is 19.7 Å². The molecule has 0 heterocycles. The summed E-state index contributed by atoms with van der Waals surface area (Å²) in [6.45, 7) is 7.11. The molecule has 14 heteroatoms. The molecule has 0 bridgehead atoms. The number of aliphatic imine (C=N–C) groups is 1. The van der Waals surface area contributed by atoms with Gasteiger partial charge in [0.05, 0.1) is 32.0 Å². The third kappa shape index (κ3) is 27.0. The molecule has 1 amide bonds. The van der Waals surface area contributed by atoms with Crippen LogP contribution in [0.3, 0.4) is 0 Å². The van der Waals surface area contributed by atoms with E-state index in [1.54, 1.807) is 6.92 Å². The topological polar surface area (TPSA) is 193 Å². The number of guanidine groups is 1. The Labute approximate surface area is 251 Å². The van der Waals surface area contributed by atoms with E-state index in [0.29, 0.717) is 18.9 Å². The minimum atomic E-state index is -4.17. The van der Waals surface area contributed by atoms with Crippen LogP contribution in [0.15, 0.2) is 4.99 Å². The molecule has 246 valence electrons. The Morgan fingerprint density at radius 3 is 2.24 bits per heavy atom. The van der Waals surface area contributed by atoms with Crippen LogP contribution in [0.5, 0.6) is 0 Å². The molecule has 0 unspecified atom stereocenters. The summed E-state index contributed by atoms with van der Waals surface area (Å²) in [6.07, 6.45) is 9.00. The zero-order valence-electron chi connectivity index (χ0n) is 26.0. The van der Waals surface area contributed by atoms with Crippen LogP contribution in [0, 0.1) is 0 Å². The highest BCUT2D eigenvalue weighted by atomic mass is 31.2. The number of carbonyl (C=O) groups is 3. The van der Waals surface area contributed by atoms with Crippen LogP contribution in [0.2, 0.25) is 0 Å². The van der Waals surface area contributed by atoms with Crippen LogP contribution in [-0.4, -0.2) is 110 Å². The Bertz CT molecular complexity index is 824. The first kappa shape index (κ1) is 40.1. The Balaban J connectivity index is 3.49. The van der Waals surface area contributed by atoms with E-state index in [1.807, 2.05) is 14.0 Å². The number of carbonyl (C=O) groups excluding carboxylic acids is 3. The van der Waals surface area contributed by atoms with E-state index >= 15 is 0 Å². The first-order valence-electron chi connectivity index (χ1n) is 15.1. The highest BCUT2D eigenvalue weighted by Gasteiger charge is 2.15. The molecule has 6 N–H and O–H groups in total. The van der Waals surface area contributed by atoms with Crippen molar-refractivity contribution in [1.82, 2.24) is 15.5 Å². The van der Waals surface area contributed by atoms with Crippen LogP contribution >= 0.6 is 7.60 Å². The smallest absolute Gasteiger partial charge is 0.326 e. The molecule has 0 aromatic carbocycles. The summed E-state index contributed by atoms with van der Waals surface area (Å²) in [4.78, 5) is 58.6. The third-order valence-corrected chi connectivity index (χ3v) is 7.53. The predicted octanol–water partition coefficient (Wildman–Crippen LogP) is 1.99. The van der Waals surface area contributed by atoms with Gasteiger partial charge < -0.3 is 35.6 Å². The molecule has 0 aliphatic carbocycles. The summed E-state index contributed by atoms with van der Waals surface area (Å²) in [7, 11) is -2.17. The predicted molar refractivity (Wildman–Crippen MR) is 165 cm³/mol. The van der Waals surface area contributed by atoms with Crippen LogP contribution in [0.25, 0.3) is 0 Å². The van der Waals surface area contributed by atoms with Gasteiger partial charge in [0.25, 0.3) is 0 Å². The fourth-order valence-corrected chi connectivity index (χ4v) is 4.35. The molecule has 0 saturated carbocycles.